The molecule has 0 spiro atoms. The van der Waals surface area contributed by atoms with E-state index in [9.17, 15) is 8.78 Å². The summed E-state index contributed by atoms with van der Waals surface area (Å²) in [6, 6.07) is 8.83. The van der Waals surface area contributed by atoms with Crippen LogP contribution in [0.2, 0.25) is 5.02 Å². The largest absolute Gasteiger partial charge is 0.307 e. The van der Waals surface area contributed by atoms with Gasteiger partial charge in [0, 0.05) is 11.1 Å². The number of benzene rings is 2. The molecule has 2 aromatic rings. The molecule has 1 atom stereocenters. The molecule has 0 radical (unpaired) electrons. The van der Waals surface area contributed by atoms with E-state index in [0.717, 1.165) is 17.2 Å². The molecule has 1 nitrogen and oxygen atoms in total. The fourth-order valence-electron chi connectivity index (χ4n) is 2.32. The van der Waals surface area contributed by atoms with Gasteiger partial charge in [0.1, 0.15) is 11.6 Å². The first-order valence-corrected chi connectivity index (χ1v) is 6.84. The molecule has 0 aliphatic rings. The summed E-state index contributed by atoms with van der Waals surface area (Å²) in [4.78, 5) is 0. The van der Waals surface area contributed by atoms with Gasteiger partial charge in [0.2, 0.25) is 0 Å². The highest BCUT2D eigenvalue weighted by atomic mass is 35.5. The highest BCUT2D eigenvalue weighted by molar-refractivity contribution is 6.30. The first kappa shape index (κ1) is 14.9. The van der Waals surface area contributed by atoms with Crippen molar-refractivity contribution in [3.63, 3.8) is 0 Å². The SMILES string of the molecule is CCNC(c1cc(F)cc(F)c1)c1ccc(Cl)cc1C. The molecule has 2 rings (SSSR count). The average Bonchev–Trinajstić information content (AvgIpc) is 2.35. The molecular weight excluding hydrogens is 280 g/mol. The fourth-order valence-corrected chi connectivity index (χ4v) is 2.54. The van der Waals surface area contributed by atoms with Crippen molar-refractivity contribution in [2.75, 3.05) is 6.54 Å². The number of hydrogen-bond donors (Lipinski definition) is 1. The average molecular weight is 296 g/mol. The van der Waals surface area contributed by atoms with Crippen LogP contribution in [0.5, 0.6) is 0 Å². The summed E-state index contributed by atoms with van der Waals surface area (Å²) in [5.41, 5.74) is 2.50. The summed E-state index contributed by atoms with van der Waals surface area (Å²) in [5, 5.41) is 3.90. The third kappa shape index (κ3) is 3.35. The van der Waals surface area contributed by atoms with Crippen molar-refractivity contribution in [1.82, 2.24) is 5.32 Å². The van der Waals surface area contributed by atoms with Crippen molar-refractivity contribution < 1.29 is 8.78 Å². The lowest BCUT2D eigenvalue weighted by Gasteiger charge is -2.21. The van der Waals surface area contributed by atoms with E-state index in [1.165, 1.54) is 12.1 Å². The summed E-state index contributed by atoms with van der Waals surface area (Å²) in [6.45, 7) is 4.57. The third-order valence-corrected chi connectivity index (χ3v) is 3.40. The lowest BCUT2D eigenvalue weighted by molar-refractivity contribution is 0.564. The van der Waals surface area contributed by atoms with Crippen LogP contribution in [-0.4, -0.2) is 6.54 Å². The van der Waals surface area contributed by atoms with Gasteiger partial charge in [-0.15, -0.1) is 0 Å². The van der Waals surface area contributed by atoms with Crippen LogP contribution in [0.15, 0.2) is 36.4 Å². The molecule has 4 heteroatoms. The highest BCUT2D eigenvalue weighted by Crippen LogP contribution is 2.27. The predicted octanol–water partition coefficient (Wildman–Crippen LogP) is 4.63. The quantitative estimate of drug-likeness (QED) is 0.867. The normalized spacial score (nSPS) is 12.4. The van der Waals surface area contributed by atoms with Crippen LogP contribution in [0, 0.1) is 18.6 Å². The standard InChI is InChI=1S/C16H16ClF2N/c1-3-20-16(11-7-13(18)9-14(19)8-11)15-5-4-12(17)6-10(15)2/h4-9,16,20H,3H2,1-2H3. The first-order chi connectivity index (χ1) is 9.51. The van der Waals surface area contributed by atoms with Gasteiger partial charge in [0.15, 0.2) is 0 Å². The maximum absolute atomic E-state index is 13.4. The molecular formula is C16H16ClF2N. The van der Waals surface area contributed by atoms with E-state index in [1.807, 2.05) is 26.0 Å². The Balaban J connectivity index is 2.49. The van der Waals surface area contributed by atoms with Gasteiger partial charge in [-0.05, 0) is 54.4 Å². The molecule has 0 fully saturated rings. The molecule has 2 aromatic carbocycles. The molecule has 0 bridgehead atoms. The molecule has 0 aliphatic heterocycles. The lowest BCUT2D eigenvalue weighted by atomic mass is 9.95. The van der Waals surface area contributed by atoms with E-state index < -0.39 is 11.6 Å². The number of halogens is 3. The molecule has 0 saturated carbocycles. The van der Waals surface area contributed by atoms with Crippen LogP contribution in [0.4, 0.5) is 8.78 Å². The second-order valence-corrected chi connectivity index (χ2v) is 5.13. The first-order valence-electron chi connectivity index (χ1n) is 6.46. The zero-order valence-electron chi connectivity index (χ0n) is 11.4. The van der Waals surface area contributed by atoms with E-state index in [4.69, 9.17) is 11.6 Å². The number of hydrogen-bond acceptors (Lipinski definition) is 1. The Morgan fingerprint density at radius 3 is 2.30 bits per heavy atom. The Labute approximate surface area is 122 Å². The zero-order chi connectivity index (χ0) is 14.7. The van der Waals surface area contributed by atoms with Crippen molar-refractivity contribution in [1.29, 1.82) is 0 Å². The number of aryl methyl sites for hydroxylation is 1. The smallest absolute Gasteiger partial charge is 0.126 e. The van der Waals surface area contributed by atoms with Crippen LogP contribution in [0.25, 0.3) is 0 Å². The van der Waals surface area contributed by atoms with E-state index in [-0.39, 0.29) is 6.04 Å². The Morgan fingerprint density at radius 2 is 1.75 bits per heavy atom. The van der Waals surface area contributed by atoms with Crippen molar-refractivity contribution in [3.05, 3.63) is 69.7 Å². The van der Waals surface area contributed by atoms with Crippen LogP contribution >= 0.6 is 11.6 Å². The number of nitrogens with one attached hydrogen (secondary N) is 1. The highest BCUT2D eigenvalue weighted by Gasteiger charge is 2.17. The lowest BCUT2D eigenvalue weighted by Crippen LogP contribution is -2.23. The summed E-state index contributed by atoms with van der Waals surface area (Å²) < 4.78 is 26.8. The Hall–Kier alpha value is -1.45. The number of rotatable bonds is 4. The third-order valence-electron chi connectivity index (χ3n) is 3.17. The second-order valence-electron chi connectivity index (χ2n) is 4.69. The van der Waals surface area contributed by atoms with Crippen molar-refractivity contribution in [2.24, 2.45) is 0 Å². The fraction of sp³-hybridized carbons (Fsp3) is 0.250. The van der Waals surface area contributed by atoms with E-state index in [0.29, 0.717) is 17.1 Å². The zero-order valence-corrected chi connectivity index (χ0v) is 12.1. The topological polar surface area (TPSA) is 12.0 Å². The molecule has 0 aromatic heterocycles. The molecule has 0 amide bonds. The van der Waals surface area contributed by atoms with E-state index in [2.05, 4.69) is 5.32 Å². The molecule has 0 saturated heterocycles. The van der Waals surface area contributed by atoms with Gasteiger partial charge >= 0.3 is 0 Å². The van der Waals surface area contributed by atoms with Gasteiger partial charge in [-0.3, -0.25) is 0 Å². The Bertz CT molecular complexity index is 593. The minimum atomic E-state index is -0.575. The van der Waals surface area contributed by atoms with Gasteiger partial charge in [-0.25, -0.2) is 8.78 Å². The van der Waals surface area contributed by atoms with Crippen LogP contribution in [-0.2, 0) is 0 Å². The summed E-state index contributed by atoms with van der Waals surface area (Å²) in [5.74, 6) is -1.15. The molecule has 20 heavy (non-hydrogen) atoms. The van der Waals surface area contributed by atoms with Crippen molar-refractivity contribution in [2.45, 2.75) is 19.9 Å². The summed E-state index contributed by atoms with van der Waals surface area (Å²) in [7, 11) is 0. The maximum atomic E-state index is 13.4. The summed E-state index contributed by atoms with van der Waals surface area (Å²) in [6.07, 6.45) is 0. The van der Waals surface area contributed by atoms with Crippen molar-refractivity contribution >= 4 is 11.6 Å². The van der Waals surface area contributed by atoms with Crippen LogP contribution in [0.1, 0.15) is 29.7 Å². The van der Waals surface area contributed by atoms with Crippen LogP contribution in [0.3, 0.4) is 0 Å². The second kappa shape index (κ2) is 6.33. The predicted molar refractivity (Wildman–Crippen MR) is 78.1 cm³/mol. The summed E-state index contributed by atoms with van der Waals surface area (Å²) >= 11 is 5.95. The minimum absolute atomic E-state index is 0.262. The van der Waals surface area contributed by atoms with Gasteiger partial charge in [-0.1, -0.05) is 24.6 Å². The monoisotopic (exact) mass is 295 g/mol. The molecule has 1 N–H and O–H groups in total. The van der Waals surface area contributed by atoms with Gasteiger partial charge in [0.25, 0.3) is 0 Å². The van der Waals surface area contributed by atoms with Gasteiger partial charge < -0.3 is 5.32 Å². The molecule has 106 valence electrons. The van der Waals surface area contributed by atoms with Gasteiger partial charge in [0.05, 0.1) is 6.04 Å². The molecule has 1 unspecified atom stereocenters. The minimum Gasteiger partial charge on any atom is -0.307 e. The Kier molecular flexibility index (Phi) is 4.73. The van der Waals surface area contributed by atoms with Crippen molar-refractivity contribution in [3.8, 4) is 0 Å². The van der Waals surface area contributed by atoms with Gasteiger partial charge in [-0.2, -0.15) is 0 Å². The van der Waals surface area contributed by atoms with E-state index in [1.54, 1.807) is 6.07 Å². The molecule has 0 heterocycles. The maximum Gasteiger partial charge on any atom is 0.126 e. The Morgan fingerprint density at radius 1 is 1.10 bits per heavy atom. The molecule has 0 aliphatic carbocycles. The van der Waals surface area contributed by atoms with E-state index >= 15 is 0 Å². The van der Waals surface area contributed by atoms with Crippen LogP contribution < -0.4 is 5.32 Å².